The van der Waals surface area contributed by atoms with Gasteiger partial charge in [-0.05, 0) is 54.7 Å². The van der Waals surface area contributed by atoms with Gasteiger partial charge in [-0.2, -0.15) is 0 Å². The van der Waals surface area contributed by atoms with Gasteiger partial charge in [0, 0.05) is 37.7 Å². The fraction of sp³-hybridized carbons (Fsp3) is 0.458. The highest BCUT2D eigenvalue weighted by Gasteiger charge is 2.47. The summed E-state index contributed by atoms with van der Waals surface area (Å²) in [4.78, 5) is 18.1. The summed E-state index contributed by atoms with van der Waals surface area (Å²) in [5.41, 5.74) is 2.06. The Hall–Kier alpha value is -2.04. The van der Waals surface area contributed by atoms with Crippen molar-refractivity contribution in [3.05, 3.63) is 64.7 Å². The van der Waals surface area contributed by atoms with Crippen molar-refractivity contribution in [1.29, 1.82) is 0 Å². The number of carbonyl (C=O) groups is 1. The van der Waals surface area contributed by atoms with Gasteiger partial charge in [-0.3, -0.25) is 9.69 Å². The largest absolute Gasteiger partial charge is 0.497 e. The topological polar surface area (TPSA) is 32.8 Å². The molecular formula is C24H29ClN2O2. The lowest BCUT2D eigenvalue weighted by atomic mass is 9.63. The summed E-state index contributed by atoms with van der Waals surface area (Å²) < 4.78 is 5.25. The van der Waals surface area contributed by atoms with E-state index in [0.29, 0.717) is 5.91 Å². The smallest absolute Gasteiger partial charge is 0.233 e. The van der Waals surface area contributed by atoms with Crippen molar-refractivity contribution in [2.45, 2.75) is 37.6 Å². The van der Waals surface area contributed by atoms with Crippen LogP contribution in [0.15, 0.2) is 48.5 Å². The fourth-order valence-corrected chi connectivity index (χ4v) is 4.68. The van der Waals surface area contributed by atoms with E-state index in [1.54, 1.807) is 7.11 Å². The van der Waals surface area contributed by atoms with E-state index in [1.165, 1.54) is 5.56 Å². The Morgan fingerprint density at radius 2 is 1.69 bits per heavy atom. The molecule has 0 atom stereocenters. The molecule has 1 saturated carbocycles. The summed E-state index contributed by atoms with van der Waals surface area (Å²) in [6, 6.07) is 16.1. The van der Waals surface area contributed by atoms with Crippen LogP contribution in [0.1, 0.15) is 36.8 Å². The van der Waals surface area contributed by atoms with E-state index >= 15 is 0 Å². The van der Waals surface area contributed by atoms with Crippen molar-refractivity contribution < 1.29 is 9.53 Å². The molecule has 154 valence electrons. The van der Waals surface area contributed by atoms with Crippen LogP contribution in [-0.4, -0.2) is 49.0 Å². The summed E-state index contributed by atoms with van der Waals surface area (Å²) in [6.07, 6.45) is 4.02. The highest BCUT2D eigenvalue weighted by atomic mass is 35.5. The summed E-state index contributed by atoms with van der Waals surface area (Å²) in [5, 5.41) is 0.722. The van der Waals surface area contributed by atoms with E-state index in [9.17, 15) is 4.79 Å². The van der Waals surface area contributed by atoms with Crippen LogP contribution in [0.5, 0.6) is 5.75 Å². The average Bonchev–Trinajstić information content (AvgIpc) is 2.94. The van der Waals surface area contributed by atoms with E-state index in [1.807, 2.05) is 36.4 Å². The molecule has 1 heterocycles. The maximum Gasteiger partial charge on any atom is 0.233 e. The monoisotopic (exact) mass is 412 g/mol. The molecule has 2 aromatic carbocycles. The third kappa shape index (κ3) is 4.29. The van der Waals surface area contributed by atoms with Gasteiger partial charge in [0.05, 0.1) is 12.5 Å². The van der Waals surface area contributed by atoms with Gasteiger partial charge in [0.15, 0.2) is 0 Å². The Balaban J connectivity index is 1.40. The number of benzene rings is 2. The molecule has 1 aliphatic carbocycles. The van der Waals surface area contributed by atoms with Crippen LogP contribution < -0.4 is 4.74 Å². The summed E-state index contributed by atoms with van der Waals surface area (Å²) in [6.45, 7) is 4.48. The van der Waals surface area contributed by atoms with E-state index < -0.39 is 0 Å². The van der Waals surface area contributed by atoms with Crippen LogP contribution in [-0.2, 0) is 16.8 Å². The minimum absolute atomic E-state index is 0.303. The number of carbonyl (C=O) groups excluding carboxylic acids is 1. The third-order valence-electron chi connectivity index (χ3n) is 6.45. The van der Waals surface area contributed by atoms with Crippen molar-refractivity contribution in [1.82, 2.24) is 9.80 Å². The molecule has 0 aromatic heterocycles. The van der Waals surface area contributed by atoms with Crippen LogP contribution in [0, 0.1) is 0 Å². The minimum atomic E-state index is -0.338. The molecular weight excluding hydrogens is 384 g/mol. The number of hydrogen-bond donors (Lipinski definition) is 0. The van der Waals surface area contributed by atoms with Gasteiger partial charge in [-0.1, -0.05) is 42.3 Å². The molecule has 2 aromatic rings. The molecule has 5 heteroatoms. The highest BCUT2D eigenvalue weighted by Crippen LogP contribution is 2.45. The van der Waals surface area contributed by atoms with Gasteiger partial charge in [0.2, 0.25) is 5.91 Å². The van der Waals surface area contributed by atoms with Gasteiger partial charge in [0.1, 0.15) is 5.75 Å². The third-order valence-corrected chi connectivity index (χ3v) is 6.71. The van der Waals surface area contributed by atoms with Crippen LogP contribution in [0.2, 0.25) is 5.02 Å². The number of hydrogen-bond acceptors (Lipinski definition) is 3. The molecule has 4 nitrogen and oxygen atoms in total. The zero-order valence-corrected chi connectivity index (χ0v) is 17.8. The SMILES string of the molecule is COc1ccc(CN2CCCN(C(=O)C3(c4ccc(Cl)cc4)CCC3)CC2)cc1. The molecule has 0 N–H and O–H groups in total. The highest BCUT2D eigenvalue weighted by molar-refractivity contribution is 6.30. The number of rotatable bonds is 5. The number of methoxy groups -OCH3 is 1. The van der Waals surface area contributed by atoms with Gasteiger partial charge in [-0.25, -0.2) is 0 Å². The first kappa shape index (κ1) is 20.2. The van der Waals surface area contributed by atoms with Crippen molar-refractivity contribution in [2.24, 2.45) is 0 Å². The summed E-state index contributed by atoms with van der Waals surface area (Å²) in [7, 11) is 1.69. The van der Waals surface area contributed by atoms with Crippen molar-refractivity contribution >= 4 is 17.5 Å². The standard InChI is InChI=1S/C24H29ClN2O2/c1-29-22-10-4-19(5-11-22)18-26-14-3-15-27(17-16-26)23(28)24(12-2-13-24)20-6-8-21(25)9-7-20/h4-11H,2-3,12-18H2,1H3. The molecule has 1 aliphatic heterocycles. The summed E-state index contributed by atoms with van der Waals surface area (Å²) >= 11 is 6.06. The lowest BCUT2D eigenvalue weighted by molar-refractivity contribution is -0.140. The second kappa shape index (κ2) is 8.76. The maximum absolute atomic E-state index is 13.5. The van der Waals surface area contributed by atoms with E-state index in [0.717, 1.165) is 74.7 Å². The average molecular weight is 413 g/mol. The molecule has 0 unspecified atom stereocenters. The zero-order chi connectivity index (χ0) is 20.3. The normalized spacial score (nSPS) is 19.3. The summed E-state index contributed by atoms with van der Waals surface area (Å²) in [5.74, 6) is 1.19. The van der Waals surface area contributed by atoms with Crippen LogP contribution in [0.4, 0.5) is 0 Å². The van der Waals surface area contributed by atoms with Gasteiger partial charge >= 0.3 is 0 Å². The van der Waals surface area contributed by atoms with Crippen LogP contribution in [0.25, 0.3) is 0 Å². The van der Waals surface area contributed by atoms with Crippen molar-refractivity contribution in [3.8, 4) is 5.75 Å². The first-order chi connectivity index (χ1) is 14.1. The zero-order valence-electron chi connectivity index (χ0n) is 17.1. The Kier molecular flexibility index (Phi) is 6.12. The molecule has 2 fully saturated rings. The lowest BCUT2D eigenvalue weighted by Gasteiger charge is -2.44. The van der Waals surface area contributed by atoms with Gasteiger partial charge in [-0.15, -0.1) is 0 Å². The van der Waals surface area contributed by atoms with E-state index in [2.05, 4.69) is 21.9 Å². The molecule has 29 heavy (non-hydrogen) atoms. The fourth-order valence-electron chi connectivity index (χ4n) is 4.55. The first-order valence-corrected chi connectivity index (χ1v) is 10.9. The van der Waals surface area contributed by atoms with Gasteiger partial charge < -0.3 is 9.64 Å². The second-order valence-electron chi connectivity index (χ2n) is 8.21. The molecule has 0 bridgehead atoms. The molecule has 1 amide bonds. The predicted octanol–water partition coefficient (Wildman–Crippen LogP) is 4.50. The molecule has 4 rings (SSSR count). The number of halogens is 1. The van der Waals surface area contributed by atoms with E-state index in [4.69, 9.17) is 16.3 Å². The minimum Gasteiger partial charge on any atom is -0.497 e. The molecule has 1 saturated heterocycles. The van der Waals surface area contributed by atoms with Crippen molar-refractivity contribution in [2.75, 3.05) is 33.3 Å². The van der Waals surface area contributed by atoms with Crippen LogP contribution >= 0.6 is 11.6 Å². The number of nitrogens with zero attached hydrogens (tertiary/aromatic N) is 2. The van der Waals surface area contributed by atoms with Gasteiger partial charge in [0.25, 0.3) is 0 Å². The number of ether oxygens (including phenoxy) is 1. The Morgan fingerprint density at radius 3 is 2.31 bits per heavy atom. The molecule has 2 aliphatic rings. The predicted molar refractivity (Wildman–Crippen MR) is 116 cm³/mol. The Labute approximate surface area is 178 Å². The number of amides is 1. The molecule has 0 radical (unpaired) electrons. The molecule has 0 spiro atoms. The van der Waals surface area contributed by atoms with Crippen LogP contribution in [0.3, 0.4) is 0 Å². The Bertz CT molecular complexity index is 831. The second-order valence-corrected chi connectivity index (χ2v) is 8.65. The Morgan fingerprint density at radius 1 is 0.966 bits per heavy atom. The lowest BCUT2D eigenvalue weighted by Crippen LogP contribution is -2.51. The maximum atomic E-state index is 13.5. The van der Waals surface area contributed by atoms with Crippen molar-refractivity contribution in [3.63, 3.8) is 0 Å². The quantitative estimate of drug-likeness (QED) is 0.724. The van der Waals surface area contributed by atoms with E-state index in [-0.39, 0.29) is 5.41 Å². The first-order valence-electron chi connectivity index (χ1n) is 10.5.